The number of hydrogen-bond donors (Lipinski definition) is 2. The van der Waals surface area contributed by atoms with E-state index in [9.17, 15) is 18.0 Å². The van der Waals surface area contributed by atoms with Crippen molar-refractivity contribution in [3.8, 4) is 0 Å². The Bertz CT molecular complexity index is 1390. The Kier molecular flexibility index (Phi) is 5.60. The number of nitrogens with zero attached hydrogens (tertiary/aromatic N) is 2. The molecule has 0 saturated carbocycles. The minimum Gasteiger partial charge on any atom is -0.455 e. The van der Waals surface area contributed by atoms with Gasteiger partial charge in [-0.15, -0.1) is 0 Å². The molecule has 0 radical (unpaired) electrons. The van der Waals surface area contributed by atoms with E-state index >= 15 is 0 Å². The third-order valence-corrected chi connectivity index (χ3v) is 6.51. The number of benzene rings is 2. The number of alkyl halides is 3. The van der Waals surface area contributed by atoms with Crippen molar-refractivity contribution in [2.24, 2.45) is 5.10 Å². The van der Waals surface area contributed by atoms with E-state index in [2.05, 4.69) is 20.8 Å². The molecule has 2 N–H and O–H groups in total. The largest absolute Gasteiger partial charge is 0.455 e. The number of nitrogens with one attached hydrogen (secondary N) is 2. The minimum atomic E-state index is -4.44. The number of furan rings is 1. The maximum absolute atomic E-state index is 13.0. The van der Waals surface area contributed by atoms with E-state index in [1.165, 1.54) is 23.5 Å². The van der Waals surface area contributed by atoms with Crippen LogP contribution in [0.1, 0.15) is 45.8 Å². The molecule has 174 valence electrons. The number of aryl methyl sites for hydroxylation is 1. The third-order valence-electron chi connectivity index (χ3n) is 5.56. The highest BCUT2D eigenvalue weighted by Crippen LogP contribution is 2.33. The Balaban J connectivity index is 1.39. The number of thiazole rings is 1. The molecule has 4 aromatic rings. The number of carbonyl (C=O) groups is 1. The van der Waals surface area contributed by atoms with Crippen molar-refractivity contribution >= 4 is 44.0 Å². The number of carbonyl (C=O) groups excluding carboxylic acids is 1. The van der Waals surface area contributed by atoms with Gasteiger partial charge in [0.05, 0.1) is 27.2 Å². The SMILES string of the molecule is Cc1c(C(=O)Nc2nc3ccccc3s2)oc2c1/C(=N/Nc1cccc(C(F)(F)F)c1)CCC2. The van der Waals surface area contributed by atoms with Crippen molar-refractivity contribution in [2.45, 2.75) is 32.4 Å². The van der Waals surface area contributed by atoms with Gasteiger partial charge in [-0.3, -0.25) is 15.5 Å². The van der Waals surface area contributed by atoms with E-state index in [0.717, 1.165) is 34.3 Å². The summed E-state index contributed by atoms with van der Waals surface area (Å²) in [6.45, 7) is 1.78. The zero-order chi connectivity index (χ0) is 23.9. The molecule has 2 aromatic carbocycles. The highest BCUT2D eigenvalue weighted by molar-refractivity contribution is 7.22. The van der Waals surface area contributed by atoms with Crippen LogP contribution in [-0.4, -0.2) is 16.6 Å². The van der Waals surface area contributed by atoms with Gasteiger partial charge in [-0.2, -0.15) is 18.3 Å². The van der Waals surface area contributed by atoms with Crippen LogP contribution in [-0.2, 0) is 12.6 Å². The predicted molar refractivity (Wildman–Crippen MR) is 126 cm³/mol. The lowest BCUT2D eigenvalue weighted by atomic mass is 9.93. The Morgan fingerprint density at radius 3 is 2.76 bits per heavy atom. The molecule has 2 aromatic heterocycles. The van der Waals surface area contributed by atoms with Crippen molar-refractivity contribution < 1.29 is 22.4 Å². The second-order valence-corrected chi connectivity index (χ2v) is 8.93. The van der Waals surface area contributed by atoms with Crippen LogP contribution in [0.2, 0.25) is 0 Å². The molecular formula is C24H19F3N4O2S. The number of aromatic nitrogens is 1. The predicted octanol–water partition coefficient (Wildman–Crippen LogP) is 6.62. The number of halogens is 3. The van der Waals surface area contributed by atoms with Crippen LogP contribution in [0.3, 0.4) is 0 Å². The van der Waals surface area contributed by atoms with Gasteiger partial charge < -0.3 is 4.42 Å². The Hall–Kier alpha value is -3.66. The van der Waals surface area contributed by atoms with Crippen LogP contribution in [0.5, 0.6) is 0 Å². The quantitative estimate of drug-likeness (QED) is 0.319. The van der Waals surface area contributed by atoms with Gasteiger partial charge in [0, 0.05) is 17.5 Å². The van der Waals surface area contributed by atoms with Crippen LogP contribution in [0, 0.1) is 6.92 Å². The summed E-state index contributed by atoms with van der Waals surface area (Å²) in [5, 5.41) is 7.64. The summed E-state index contributed by atoms with van der Waals surface area (Å²) in [5.41, 5.74) is 4.99. The molecule has 0 aliphatic heterocycles. The molecule has 0 fully saturated rings. The van der Waals surface area contributed by atoms with Gasteiger partial charge in [0.1, 0.15) is 5.76 Å². The smallest absolute Gasteiger partial charge is 0.416 e. The van der Waals surface area contributed by atoms with Crippen molar-refractivity contribution in [1.29, 1.82) is 0 Å². The molecule has 10 heteroatoms. The Morgan fingerprint density at radius 1 is 1.15 bits per heavy atom. The molecule has 1 aliphatic rings. The normalized spacial score (nSPS) is 14.9. The first-order valence-electron chi connectivity index (χ1n) is 10.6. The van der Waals surface area contributed by atoms with Gasteiger partial charge in [-0.25, -0.2) is 4.98 Å². The number of hydrazone groups is 1. The highest BCUT2D eigenvalue weighted by atomic mass is 32.1. The van der Waals surface area contributed by atoms with Gasteiger partial charge in [-0.1, -0.05) is 29.5 Å². The number of hydrogen-bond acceptors (Lipinski definition) is 6. The highest BCUT2D eigenvalue weighted by Gasteiger charge is 2.31. The Labute approximate surface area is 196 Å². The van der Waals surface area contributed by atoms with Crippen LogP contribution < -0.4 is 10.7 Å². The van der Waals surface area contributed by atoms with Crippen LogP contribution in [0.15, 0.2) is 58.0 Å². The van der Waals surface area contributed by atoms with E-state index in [-0.39, 0.29) is 11.4 Å². The van der Waals surface area contributed by atoms with E-state index in [4.69, 9.17) is 4.42 Å². The fourth-order valence-corrected chi connectivity index (χ4v) is 4.83. The summed E-state index contributed by atoms with van der Waals surface area (Å²) in [7, 11) is 0. The minimum absolute atomic E-state index is 0.179. The summed E-state index contributed by atoms with van der Waals surface area (Å²) < 4.78 is 45.8. The summed E-state index contributed by atoms with van der Waals surface area (Å²) in [4.78, 5) is 17.4. The number of amides is 1. The number of para-hydroxylation sites is 1. The number of anilines is 2. The fraction of sp³-hybridized carbons (Fsp3) is 0.208. The van der Waals surface area contributed by atoms with Crippen molar-refractivity contribution in [3.63, 3.8) is 0 Å². The van der Waals surface area contributed by atoms with Crippen molar-refractivity contribution in [1.82, 2.24) is 4.98 Å². The first-order chi connectivity index (χ1) is 16.3. The zero-order valence-corrected chi connectivity index (χ0v) is 18.8. The molecule has 0 unspecified atom stereocenters. The fourth-order valence-electron chi connectivity index (χ4n) is 3.97. The summed E-state index contributed by atoms with van der Waals surface area (Å²) in [6.07, 6.45) is -2.43. The lowest BCUT2D eigenvalue weighted by molar-refractivity contribution is -0.137. The molecule has 0 atom stereocenters. The van der Waals surface area contributed by atoms with Crippen LogP contribution in [0.25, 0.3) is 10.2 Å². The first kappa shape index (κ1) is 22.1. The van der Waals surface area contributed by atoms with Gasteiger partial charge in [0.2, 0.25) is 0 Å². The maximum Gasteiger partial charge on any atom is 0.416 e. The lowest BCUT2D eigenvalue weighted by Crippen LogP contribution is -2.14. The van der Waals surface area contributed by atoms with Gasteiger partial charge in [0.15, 0.2) is 10.9 Å². The second kappa shape index (κ2) is 8.60. The van der Waals surface area contributed by atoms with Gasteiger partial charge in [0.25, 0.3) is 5.91 Å². The molecule has 1 amide bonds. The Morgan fingerprint density at radius 2 is 1.97 bits per heavy atom. The van der Waals surface area contributed by atoms with Crippen molar-refractivity contribution in [3.05, 3.63) is 76.7 Å². The van der Waals surface area contributed by atoms with Gasteiger partial charge >= 0.3 is 6.18 Å². The molecule has 0 bridgehead atoms. The van der Waals surface area contributed by atoms with E-state index in [0.29, 0.717) is 35.0 Å². The molecule has 34 heavy (non-hydrogen) atoms. The third kappa shape index (κ3) is 4.28. The molecule has 2 heterocycles. The molecule has 1 aliphatic carbocycles. The average molecular weight is 485 g/mol. The number of rotatable bonds is 4. The first-order valence-corrected chi connectivity index (χ1v) is 11.4. The molecule has 5 rings (SSSR count). The molecule has 0 saturated heterocycles. The molecular weight excluding hydrogens is 465 g/mol. The van der Waals surface area contributed by atoms with Crippen molar-refractivity contribution in [2.75, 3.05) is 10.7 Å². The lowest BCUT2D eigenvalue weighted by Gasteiger charge is -2.14. The van der Waals surface area contributed by atoms with Crippen LogP contribution >= 0.6 is 11.3 Å². The zero-order valence-electron chi connectivity index (χ0n) is 18.0. The second-order valence-electron chi connectivity index (χ2n) is 7.90. The number of fused-ring (bicyclic) bond motifs is 2. The summed E-state index contributed by atoms with van der Waals surface area (Å²) >= 11 is 1.37. The molecule has 6 nitrogen and oxygen atoms in total. The standard InChI is InChI=1S/C24H19F3N4O2S/c1-13-20-17(31-30-15-7-4-6-14(12-15)24(25,26)27)9-5-10-18(20)33-21(13)22(32)29-23-28-16-8-2-3-11-19(16)34-23/h2-4,6-8,11-12,30H,5,9-10H2,1H3,(H,28,29,32)/b31-17+. The monoisotopic (exact) mass is 484 g/mol. The van der Waals surface area contributed by atoms with Crippen LogP contribution in [0.4, 0.5) is 24.0 Å². The average Bonchev–Trinajstić information content (AvgIpc) is 3.38. The van der Waals surface area contributed by atoms with E-state index in [1.807, 2.05) is 24.3 Å². The maximum atomic E-state index is 13.0. The summed E-state index contributed by atoms with van der Waals surface area (Å²) in [5.74, 6) is 0.414. The molecule has 0 spiro atoms. The topological polar surface area (TPSA) is 79.5 Å². The van der Waals surface area contributed by atoms with Gasteiger partial charge in [-0.05, 0) is 50.1 Å². The van der Waals surface area contributed by atoms with E-state index < -0.39 is 17.6 Å². The van der Waals surface area contributed by atoms with E-state index in [1.54, 1.807) is 6.92 Å². The summed E-state index contributed by atoms with van der Waals surface area (Å²) in [6, 6.07) is 12.4.